The van der Waals surface area contributed by atoms with E-state index in [0.29, 0.717) is 12.2 Å². The van der Waals surface area contributed by atoms with Crippen molar-refractivity contribution >= 4 is 5.91 Å². The molecule has 1 amide bonds. The van der Waals surface area contributed by atoms with Gasteiger partial charge in [-0.3, -0.25) is 9.78 Å². The van der Waals surface area contributed by atoms with Crippen molar-refractivity contribution in [3.8, 4) is 0 Å². The van der Waals surface area contributed by atoms with E-state index in [-0.39, 0.29) is 11.9 Å². The summed E-state index contributed by atoms with van der Waals surface area (Å²) in [6, 6.07) is 12.3. The Kier molecular flexibility index (Phi) is 4.24. The molecule has 6 heteroatoms. The molecule has 0 radical (unpaired) electrons. The van der Waals surface area contributed by atoms with Crippen LogP contribution in [0.15, 0.2) is 55.0 Å². The summed E-state index contributed by atoms with van der Waals surface area (Å²) >= 11 is 0. The van der Waals surface area contributed by atoms with E-state index in [9.17, 15) is 4.79 Å². The first-order valence-corrected chi connectivity index (χ1v) is 8.46. The second-order valence-electron chi connectivity index (χ2n) is 6.25. The van der Waals surface area contributed by atoms with Gasteiger partial charge >= 0.3 is 0 Å². The molecule has 1 aliphatic rings. The molecule has 0 bridgehead atoms. The number of carbonyl (C=O) groups excluding carboxylic acids is 1. The second-order valence-corrected chi connectivity index (χ2v) is 6.25. The number of pyridine rings is 1. The van der Waals surface area contributed by atoms with Crippen LogP contribution in [0.2, 0.25) is 0 Å². The number of nitrogens with zero attached hydrogens (tertiary/aromatic N) is 4. The molecule has 0 aliphatic heterocycles. The smallest absolute Gasteiger partial charge is 0.276 e. The van der Waals surface area contributed by atoms with Gasteiger partial charge in [0.05, 0.1) is 12.2 Å². The van der Waals surface area contributed by atoms with Gasteiger partial charge in [0.1, 0.15) is 0 Å². The highest BCUT2D eigenvalue weighted by molar-refractivity contribution is 5.92. The van der Waals surface area contributed by atoms with Gasteiger partial charge in [-0.25, -0.2) is 0 Å². The Bertz CT molecular complexity index is 847. The molecule has 1 atom stereocenters. The van der Waals surface area contributed by atoms with Crippen molar-refractivity contribution in [1.82, 2.24) is 25.3 Å². The monoisotopic (exact) mass is 333 g/mol. The maximum Gasteiger partial charge on any atom is 0.276 e. The van der Waals surface area contributed by atoms with Gasteiger partial charge in [-0.1, -0.05) is 24.3 Å². The summed E-state index contributed by atoms with van der Waals surface area (Å²) in [7, 11) is 0. The van der Waals surface area contributed by atoms with Crippen molar-refractivity contribution in [2.75, 3.05) is 0 Å². The normalized spacial score (nSPS) is 16.2. The van der Waals surface area contributed by atoms with Gasteiger partial charge in [0.2, 0.25) is 0 Å². The molecule has 4 rings (SSSR count). The highest BCUT2D eigenvalue weighted by atomic mass is 16.2. The molecule has 0 unspecified atom stereocenters. The number of aromatic nitrogens is 4. The molecule has 1 aliphatic carbocycles. The third kappa shape index (κ3) is 3.15. The Labute approximate surface area is 145 Å². The average Bonchev–Trinajstić information content (AvgIpc) is 3.21. The Morgan fingerprint density at radius 1 is 1.20 bits per heavy atom. The van der Waals surface area contributed by atoms with Crippen molar-refractivity contribution in [2.45, 2.75) is 31.8 Å². The number of aromatic amines is 1. The zero-order valence-electron chi connectivity index (χ0n) is 13.8. The van der Waals surface area contributed by atoms with Crippen LogP contribution in [0.25, 0.3) is 0 Å². The maximum absolute atomic E-state index is 13.1. The molecule has 0 saturated heterocycles. The predicted octanol–water partition coefficient (Wildman–Crippen LogP) is 2.92. The standard InChI is InChI=1S/C19H19N5O/c25-19(17-12-21-23-22-17)24(13-14-8-10-20-11-9-14)18-7-3-5-15-4-1-2-6-16(15)18/h1-2,4,6,8-12,18H,3,5,7,13H2,(H,21,22,23)/t18-/m0/s1. The molecule has 6 nitrogen and oxygen atoms in total. The number of hydrogen-bond donors (Lipinski definition) is 1. The number of rotatable bonds is 4. The maximum atomic E-state index is 13.1. The Morgan fingerprint density at radius 3 is 2.84 bits per heavy atom. The average molecular weight is 333 g/mol. The van der Waals surface area contributed by atoms with Gasteiger partial charge in [0.25, 0.3) is 5.91 Å². The lowest BCUT2D eigenvalue weighted by molar-refractivity contribution is 0.0632. The molecule has 1 N–H and O–H groups in total. The van der Waals surface area contributed by atoms with E-state index in [1.54, 1.807) is 12.4 Å². The molecule has 0 saturated carbocycles. The lowest BCUT2D eigenvalue weighted by atomic mass is 9.86. The Morgan fingerprint density at radius 2 is 2.04 bits per heavy atom. The van der Waals surface area contributed by atoms with E-state index in [4.69, 9.17) is 0 Å². The van der Waals surface area contributed by atoms with E-state index in [2.05, 4.69) is 38.6 Å². The van der Waals surface area contributed by atoms with E-state index in [1.807, 2.05) is 23.1 Å². The highest BCUT2D eigenvalue weighted by Gasteiger charge is 2.30. The first-order valence-electron chi connectivity index (χ1n) is 8.46. The minimum absolute atomic E-state index is 0.0438. The van der Waals surface area contributed by atoms with Crippen LogP contribution in [0.3, 0.4) is 0 Å². The van der Waals surface area contributed by atoms with E-state index >= 15 is 0 Å². The van der Waals surface area contributed by atoms with Gasteiger partial charge in [0, 0.05) is 18.9 Å². The van der Waals surface area contributed by atoms with Crippen LogP contribution in [-0.4, -0.2) is 31.2 Å². The quantitative estimate of drug-likeness (QED) is 0.796. The van der Waals surface area contributed by atoms with Crippen LogP contribution in [0.1, 0.15) is 46.1 Å². The van der Waals surface area contributed by atoms with Crippen LogP contribution >= 0.6 is 0 Å². The number of H-pyrrole nitrogens is 1. The van der Waals surface area contributed by atoms with Gasteiger partial charge in [-0.15, -0.1) is 0 Å². The van der Waals surface area contributed by atoms with Crippen molar-refractivity contribution in [2.24, 2.45) is 0 Å². The molecule has 2 heterocycles. The molecule has 1 aromatic carbocycles. The summed E-state index contributed by atoms with van der Waals surface area (Å²) in [6.45, 7) is 0.521. The Balaban J connectivity index is 1.72. The number of benzene rings is 1. The number of hydrogen-bond acceptors (Lipinski definition) is 4. The van der Waals surface area contributed by atoms with Crippen LogP contribution in [-0.2, 0) is 13.0 Å². The van der Waals surface area contributed by atoms with Crippen LogP contribution in [0.4, 0.5) is 0 Å². The van der Waals surface area contributed by atoms with E-state index < -0.39 is 0 Å². The van der Waals surface area contributed by atoms with Crippen LogP contribution in [0, 0.1) is 0 Å². The molecule has 0 fully saturated rings. The van der Waals surface area contributed by atoms with Crippen molar-refractivity contribution in [1.29, 1.82) is 0 Å². The molecular weight excluding hydrogens is 314 g/mol. The molecule has 2 aromatic heterocycles. The lowest BCUT2D eigenvalue weighted by Crippen LogP contribution is -2.36. The van der Waals surface area contributed by atoms with Gasteiger partial charge < -0.3 is 4.90 Å². The number of amides is 1. The summed E-state index contributed by atoms with van der Waals surface area (Å²) in [6.07, 6.45) is 8.07. The number of fused-ring (bicyclic) bond motifs is 1. The second kappa shape index (κ2) is 6.84. The first kappa shape index (κ1) is 15.5. The zero-order chi connectivity index (χ0) is 17.1. The topological polar surface area (TPSA) is 74.8 Å². The highest BCUT2D eigenvalue weighted by Crippen LogP contribution is 2.35. The molecular formula is C19H19N5O. The summed E-state index contributed by atoms with van der Waals surface area (Å²) in [5.74, 6) is -0.104. The van der Waals surface area contributed by atoms with Crippen LogP contribution < -0.4 is 0 Å². The Hall–Kier alpha value is -3.02. The molecule has 0 spiro atoms. The van der Waals surface area contributed by atoms with E-state index in [1.165, 1.54) is 17.3 Å². The summed E-state index contributed by atoms with van der Waals surface area (Å²) in [4.78, 5) is 19.1. The summed E-state index contributed by atoms with van der Waals surface area (Å²) < 4.78 is 0. The summed E-state index contributed by atoms with van der Waals surface area (Å²) in [5.41, 5.74) is 3.96. The van der Waals surface area contributed by atoms with E-state index in [0.717, 1.165) is 24.8 Å². The lowest BCUT2D eigenvalue weighted by Gasteiger charge is -2.35. The number of nitrogens with one attached hydrogen (secondary N) is 1. The van der Waals surface area contributed by atoms with Crippen molar-refractivity contribution in [3.05, 3.63) is 77.4 Å². The van der Waals surface area contributed by atoms with Gasteiger partial charge in [-0.2, -0.15) is 15.4 Å². The first-order chi connectivity index (χ1) is 12.3. The largest absolute Gasteiger partial charge is 0.326 e. The number of aryl methyl sites for hydroxylation is 1. The van der Waals surface area contributed by atoms with Gasteiger partial charge in [0.15, 0.2) is 5.69 Å². The predicted molar refractivity (Wildman–Crippen MR) is 92.6 cm³/mol. The van der Waals surface area contributed by atoms with Crippen LogP contribution in [0.5, 0.6) is 0 Å². The molecule has 126 valence electrons. The molecule has 3 aromatic rings. The SMILES string of the molecule is O=C(c1cn[nH]n1)N(Cc1ccncc1)[C@H]1CCCc2ccccc21. The minimum Gasteiger partial charge on any atom is -0.326 e. The van der Waals surface area contributed by atoms with Crippen molar-refractivity contribution < 1.29 is 4.79 Å². The fraction of sp³-hybridized carbons (Fsp3) is 0.263. The number of carbonyl (C=O) groups is 1. The minimum atomic E-state index is -0.104. The fourth-order valence-corrected chi connectivity index (χ4v) is 3.51. The third-order valence-electron chi connectivity index (χ3n) is 4.71. The zero-order valence-corrected chi connectivity index (χ0v) is 13.8. The summed E-state index contributed by atoms with van der Waals surface area (Å²) in [5, 5.41) is 10.3. The molecule has 25 heavy (non-hydrogen) atoms. The third-order valence-corrected chi connectivity index (χ3v) is 4.71. The van der Waals surface area contributed by atoms with Gasteiger partial charge in [-0.05, 0) is 48.1 Å². The fourth-order valence-electron chi connectivity index (χ4n) is 3.51. The van der Waals surface area contributed by atoms with Crippen molar-refractivity contribution in [3.63, 3.8) is 0 Å².